The second-order valence-electron chi connectivity index (χ2n) is 7.01. The molecule has 0 bridgehead atoms. The highest BCUT2D eigenvalue weighted by Gasteiger charge is 2.22. The molecule has 156 valence electrons. The average molecular weight is 442 g/mol. The summed E-state index contributed by atoms with van der Waals surface area (Å²) in [5.41, 5.74) is 2.07. The van der Waals surface area contributed by atoms with Crippen molar-refractivity contribution in [3.63, 3.8) is 0 Å². The van der Waals surface area contributed by atoms with Crippen LogP contribution in [0.5, 0.6) is 0 Å². The van der Waals surface area contributed by atoms with Crippen molar-refractivity contribution in [3.8, 4) is 16.9 Å². The molecule has 1 amide bonds. The molecule has 7 nitrogen and oxygen atoms in total. The fraction of sp³-hybridized carbons (Fsp3) is 0. The maximum atomic E-state index is 13.1. The Kier molecular flexibility index (Phi) is 5.01. The third kappa shape index (κ3) is 3.66. The number of halogens is 1. The third-order valence-electron chi connectivity index (χ3n) is 4.87. The van der Waals surface area contributed by atoms with Crippen LogP contribution in [0.1, 0.15) is 10.6 Å². The van der Waals surface area contributed by atoms with Crippen LogP contribution in [0.4, 0.5) is 5.69 Å². The molecular weight excluding hydrogens is 426 g/mol. The van der Waals surface area contributed by atoms with Crippen molar-refractivity contribution in [3.05, 3.63) is 112 Å². The largest absolute Gasteiger partial charge is 0.319 e. The summed E-state index contributed by atoms with van der Waals surface area (Å²) in [6.45, 7) is 0. The molecule has 0 aliphatic heterocycles. The smallest absolute Gasteiger partial charge is 0.294 e. The van der Waals surface area contributed by atoms with E-state index in [2.05, 4.69) is 15.4 Å². The summed E-state index contributed by atoms with van der Waals surface area (Å²) in [6.07, 6.45) is 0. The van der Waals surface area contributed by atoms with Crippen molar-refractivity contribution in [2.24, 2.45) is 0 Å². The molecule has 0 aliphatic rings. The Morgan fingerprint density at radius 1 is 0.875 bits per heavy atom. The Morgan fingerprint density at radius 3 is 2.22 bits per heavy atom. The summed E-state index contributed by atoms with van der Waals surface area (Å²) >= 11 is 6.03. The number of anilines is 1. The first kappa shape index (κ1) is 19.7. The van der Waals surface area contributed by atoms with Crippen molar-refractivity contribution >= 4 is 29.0 Å². The van der Waals surface area contributed by atoms with Crippen LogP contribution in [-0.2, 0) is 0 Å². The van der Waals surface area contributed by atoms with Gasteiger partial charge in [-0.1, -0.05) is 60.1 Å². The van der Waals surface area contributed by atoms with Crippen LogP contribution in [0.15, 0.2) is 95.8 Å². The van der Waals surface area contributed by atoms with Gasteiger partial charge >= 0.3 is 0 Å². The quantitative estimate of drug-likeness (QED) is 0.446. The first-order valence-corrected chi connectivity index (χ1v) is 10.2. The summed E-state index contributed by atoms with van der Waals surface area (Å²) in [5.74, 6) is -0.377. The van der Waals surface area contributed by atoms with Gasteiger partial charge in [-0.05, 0) is 36.4 Å². The Balaban J connectivity index is 1.71. The van der Waals surface area contributed by atoms with Crippen molar-refractivity contribution in [1.29, 1.82) is 0 Å². The van der Waals surface area contributed by atoms with E-state index in [-0.39, 0.29) is 11.6 Å². The average Bonchev–Trinajstić information content (AvgIpc) is 3.21. The van der Waals surface area contributed by atoms with Gasteiger partial charge in [0.15, 0.2) is 0 Å². The van der Waals surface area contributed by atoms with Crippen molar-refractivity contribution in [2.75, 3.05) is 5.32 Å². The number of carbonyl (C=O) groups is 1. The van der Waals surface area contributed by atoms with Crippen molar-refractivity contribution in [2.45, 2.75) is 0 Å². The SMILES string of the molecule is O=C(Nc1ccccc1)c1nn(-c2ccc(Cl)cc2)c2nc(-c3ccccc3)cc(=O)n12. The van der Waals surface area contributed by atoms with Gasteiger partial charge in [0, 0.05) is 22.3 Å². The number of amides is 1. The fourth-order valence-corrected chi connectivity index (χ4v) is 3.49. The standard InChI is InChI=1S/C24H16ClN5O2/c25-17-11-13-19(14-12-17)30-24-27-20(16-7-3-1-4-8-16)15-21(31)29(24)22(28-30)23(32)26-18-9-5-2-6-10-18/h1-15H,(H,26,32). The lowest BCUT2D eigenvalue weighted by atomic mass is 10.1. The minimum absolute atomic E-state index is 0.0732. The highest BCUT2D eigenvalue weighted by atomic mass is 35.5. The van der Waals surface area contributed by atoms with Gasteiger partial charge in [0.1, 0.15) is 0 Å². The lowest BCUT2D eigenvalue weighted by molar-refractivity contribution is 0.101. The minimum Gasteiger partial charge on any atom is -0.319 e. The zero-order valence-electron chi connectivity index (χ0n) is 16.6. The topological polar surface area (TPSA) is 81.3 Å². The van der Waals surface area contributed by atoms with E-state index in [0.29, 0.717) is 22.1 Å². The van der Waals surface area contributed by atoms with E-state index >= 15 is 0 Å². The van der Waals surface area contributed by atoms with Gasteiger partial charge in [-0.25, -0.2) is 9.38 Å². The zero-order valence-corrected chi connectivity index (χ0v) is 17.4. The van der Waals surface area contributed by atoms with Gasteiger partial charge in [-0.15, -0.1) is 5.10 Å². The van der Waals surface area contributed by atoms with Gasteiger partial charge < -0.3 is 5.32 Å². The number of nitrogens with zero attached hydrogens (tertiary/aromatic N) is 4. The second-order valence-corrected chi connectivity index (χ2v) is 7.45. The number of hydrogen-bond acceptors (Lipinski definition) is 4. The van der Waals surface area contributed by atoms with Crippen molar-refractivity contribution < 1.29 is 4.79 Å². The van der Waals surface area contributed by atoms with E-state index < -0.39 is 11.5 Å². The molecule has 0 radical (unpaired) electrons. The number of rotatable bonds is 4. The van der Waals surface area contributed by atoms with Gasteiger partial charge in [-0.2, -0.15) is 4.68 Å². The molecule has 2 aromatic heterocycles. The molecule has 3 aromatic carbocycles. The summed E-state index contributed by atoms with van der Waals surface area (Å²) in [4.78, 5) is 30.8. The highest BCUT2D eigenvalue weighted by molar-refractivity contribution is 6.30. The molecule has 0 aliphatic carbocycles. The minimum atomic E-state index is -0.523. The number of benzene rings is 3. The summed E-state index contributed by atoms with van der Waals surface area (Å²) in [6, 6.07) is 26.6. The van der Waals surface area contributed by atoms with Crippen LogP contribution in [0.2, 0.25) is 5.02 Å². The molecule has 0 atom stereocenters. The number of nitrogens with one attached hydrogen (secondary N) is 1. The zero-order chi connectivity index (χ0) is 22.1. The Bertz CT molecular complexity index is 1480. The number of fused-ring (bicyclic) bond motifs is 1. The van der Waals surface area contributed by atoms with Crippen LogP contribution in [0.25, 0.3) is 22.7 Å². The number of aromatic nitrogens is 4. The van der Waals surface area contributed by atoms with E-state index in [1.807, 2.05) is 36.4 Å². The normalized spacial score (nSPS) is 10.9. The van der Waals surface area contributed by atoms with E-state index in [1.54, 1.807) is 48.5 Å². The molecule has 1 N–H and O–H groups in total. The molecule has 32 heavy (non-hydrogen) atoms. The molecular formula is C24H16ClN5O2. The summed E-state index contributed by atoms with van der Waals surface area (Å²) in [7, 11) is 0. The third-order valence-corrected chi connectivity index (χ3v) is 5.12. The number of hydrogen-bond donors (Lipinski definition) is 1. The number of para-hydroxylation sites is 1. The monoisotopic (exact) mass is 441 g/mol. The van der Waals surface area contributed by atoms with E-state index in [4.69, 9.17) is 11.6 Å². The van der Waals surface area contributed by atoms with Gasteiger partial charge in [-0.3, -0.25) is 9.59 Å². The predicted molar refractivity (Wildman–Crippen MR) is 123 cm³/mol. The Labute approximate surface area is 187 Å². The summed E-state index contributed by atoms with van der Waals surface area (Å²) in [5, 5.41) is 7.78. The maximum absolute atomic E-state index is 13.1. The van der Waals surface area contributed by atoms with E-state index in [1.165, 1.54) is 15.1 Å². The Hall–Kier alpha value is -4.23. The molecule has 5 rings (SSSR count). The lowest BCUT2D eigenvalue weighted by Crippen LogP contribution is -2.22. The molecule has 0 fully saturated rings. The fourth-order valence-electron chi connectivity index (χ4n) is 3.36. The van der Waals surface area contributed by atoms with Gasteiger partial charge in [0.2, 0.25) is 11.6 Å². The van der Waals surface area contributed by atoms with Crippen LogP contribution < -0.4 is 10.9 Å². The van der Waals surface area contributed by atoms with Gasteiger partial charge in [0.05, 0.1) is 11.4 Å². The second kappa shape index (κ2) is 8.13. The van der Waals surface area contributed by atoms with E-state index in [0.717, 1.165) is 5.56 Å². The lowest BCUT2D eigenvalue weighted by Gasteiger charge is -2.05. The molecule has 0 saturated carbocycles. The van der Waals surface area contributed by atoms with E-state index in [9.17, 15) is 9.59 Å². The van der Waals surface area contributed by atoms with Crippen LogP contribution in [0, 0.1) is 0 Å². The molecule has 5 aromatic rings. The van der Waals surface area contributed by atoms with Crippen LogP contribution in [-0.4, -0.2) is 25.1 Å². The summed E-state index contributed by atoms with van der Waals surface area (Å²) < 4.78 is 2.67. The molecule has 2 heterocycles. The van der Waals surface area contributed by atoms with Gasteiger partial charge in [0.25, 0.3) is 11.5 Å². The first-order chi connectivity index (χ1) is 15.6. The van der Waals surface area contributed by atoms with Crippen molar-refractivity contribution in [1.82, 2.24) is 19.2 Å². The predicted octanol–water partition coefficient (Wildman–Crippen LogP) is 4.45. The molecule has 0 saturated heterocycles. The molecule has 0 unspecified atom stereocenters. The maximum Gasteiger partial charge on any atom is 0.294 e. The van der Waals surface area contributed by atoms with Crippen LogP contribution >= 0.6 is 11.6 Å². The highest BCUT2D eigenvalue weighted by Crippen LogP contribution is 2.20. The van der Waals surface area contributed by atoms with Crippen LogP contribution in [0.3, 0.4) is 0 Å². The Morgan fingerprint density at radius 2 is 1.53 bits per heavy atom. The molecule has 0 spiro atoms. The first-order valence-electron chi connectivity index (χ1n) is 9.81. The number of carbonyl (C=O) groups excluding carboxylic acids is 1. The molecule has 8 heteroatoms.